The van der Waals surface area contributed by atoms with Gasteiger partial charge in [-0.1, -0.05) is 30.3 Å². The molecule has 2 rings (SSSR count). The molecule has 4 nitrogen and oxygen atoms in total. The summed E-state index contributed by atoms with van der Waals surface area (Å²) in [5.41, 5.74) is 6.08. The van der Waals surface area contributed by atoms with Crippen LogP contribution in [0.25, 0.3) is 0 Å². The number of hydrogen-bond acceptors (Lipinski definition) is 3. The standard InChI is InChI=1S/C18H18F2N2O2S/c19-14-6-7-16(15(20)10-14)25-12-18(24)22(9-8-17(21)23)11-13-4-2-1-3-5-13/h1-7,10H,8-9,11-12H2,(H2,21,23). The fourth-order valence-corrected chi connectivity index (χ4v) is 2.99. The van der Waals surface area contributed by atoms with Crippen LogP contribution in [0.1, 0.15) is 12.0 Å². The van der Waals surface area contributed by atoms with E-state index < -0.39 is 17.5 Å². The predicted molar refractivity (Wildman–Crippen MR) is 92.8 cm³/mol. The van der Waals surface area contributed by atoms with Crippen molar-refractivity contribution in [3.8, 4) is 0 Å². The SMILES string of the molecule is NC(=O)CCN(Cc1ccccc1)C(=O)CSc1ccc(F)cc1F. The highest BCUT2D eigenvalue weighted by molar-refractivity contribution is 8.00. The average Bonchev–Trinajstić information content (AvgIpc) is 2.58. The zero-order valence-corrected chi connectivity index (χ0v) is 14.3. The Hall–Kier alpha value is -2.41. The maximum atomic E-state index is 13.7. The minimum Gasteiger partial charge on any atom is -0.370 e. The maximum Gasteiger partial charge on any atom is 0.233 e. The van der Waals surface area contributed by atoms with Crippen LogP contribution in [-0.4, -0.2) is 29.0 Å². The topological polar surface area (TPSA) is 63.4 Å². The minimum atomic E-state index is -0.704. The third kappa shape index (κ3) is 6.19. The number of thioether (sulfide) groups is 1. The molecule has 0 unspecified atom stereocenters. The average molecular weight is 364 g/mol. The first kappa shape index (κ1) is 18.9. The van der Waals surface area contributed by atoms with Gasteiger partial charge in [0.2, 0.25) is 11.8 Å². The first-order valence-electron chi connectivity index (χ1n) is 7.63. The lowest BCUT2D eigenvalue weighted by Gasteiger charge is -2.22. The van der Waals surface area contributed by atoms with Gasteiger partial charge in [0.25, 0.3) is 0 Å². The number of nitrogens with two attached hydrogens (primary N) is 1. The largest absolute Gasteiger partial charge is 0.370 e. The smallest absolute Gasteiger partial charge is 0.233 e. The number of carbonyl (C=O) groups is 2. The number of primary amides is 1. The molecule has 0 aliphatic rings. The van der Waals surface area contributed by atoms with Gasteiger partial charge in [-0.3, -0.25) is 9.59 Å². The van der Waals surface area contributed by atoms with Gasteiger partial charge >= 0.3 is 0 Å². The number of hydrogen-bond donors (Lipinski definition) is 1. The molecule has 0 saturated carbocycles. The zero-order chi connectivity index (χ0) is 18.2. The van der Waals surface area contributed by atoms with Crippen molar-refractivity contribution in [1.29, 1.82) is 0 Å². The summed E-state index contributed by atoms with van der Waals surface area (Å²) in [6.07, 6.45) is 0.0498. The Morgan fingerprint density at radius 1 is 1.08 bits per heavy atom. The molecule has 25 heavy (non-hydrogen) atoms. The summed E-state index contributed by atoms with van der Waals surface area (Å²) in [7, 11) is 0. The van der Waals surface area contributed by atoms with Crippen LogP contribution in [-0.2, 0) is 16.1 Å². The van der Waals surface area contributed by atoms with Crippen LogP contribution in [0, 0.1) is 11.6 Å². The van der Waals surface area contributed by atoms with Crippen molar-refractivity contribution < 1.29 is 18.4 Å². The lowest BCUT2D eigenvalue weighted by atomic mass is 10.2. The molecule has 2 aromatic carbocycles. The quantitative estimate of drug-likeness (QED) is 0.733. The van der Waals surface area contributed by atoms with E-state index in [1.54, 1.807) is 0 Å². The van der Waals surface area contributed by atoms with Gasteiger partial charge in [0, 0.05) is 30.5 Å². The van der Waals surface area contributed by atoms with Crippen LogP contribution in [0.2, 0.25) is 0 Å². The molecular formula is C18H18F2N2O2S. The lowest BCUT2D eigenvalue weighted by Crippen LogP contribution is -2.34. The summed E-state index contributed by atoms with van der Waals surface area (Å²) < 4.78 is 26.6. The second-order valence-corrected chi connectivity index (χ2v) is 6.40. The Morgan fingerprint density at radius 2 is 1.80 bits per heavy atom. The predicted octanol–water partition coefficient (Wildman–Crippen LogP) is 2.96. The fraction of sp³-hybridized carbons (Fsp3) is 0.222. The van der Waals surface area contributed by atoms with Crippen molar-refractivity contribution in [3.05, 3.63) is 65.7 Å². The summed E-state index contributed by atoms with van der Waals surface area (Å²) in [5.74, 6) is -2.14. The Bertz CT molecular complexity index is 741. The van der Waals surface area contributed by atoms with Crippen molar-refractivity contribution >= 4 is 23.6 Å². The van der Waals surface area contributed by atoms with Crippen molar-refractivity contribution in [2.75, 3.05) is 12.3 Å². The van der Waals surface area contributed by atoms with Crippen molar-refractivity contribution in [1.82, 2.24) is 4.90 Å². The second-order valence-electron chi connectivity index (χ2n) is 5.38. The Balaban J connectivity index is 2.02. The highest BCUT2D eigenvalue weighted by Gasteiger charge is 2.16. The first-order valence-corrected chi connectivity index (χ1v) is 8.62. The molecule has 0 aromatic heterocycles. The molecule has 0 aliphatic carbocycles. The molecule has 0 aliphatic heterocycles. The van der Waals surface area contributed by atoms with E-state index in [-0.39, 0.29) is 29.5 Å². The summed E-state index contributed by atoms with van der Waals surface area (Å²) in [5, 5.41) is 0. The number of rotatable bonds is 8. The monoisotopic (exact) mass is 364 g/mol. The molecular weight excluding hydrogens is 346 g/mol. The number of halogens is 2. The van der Waals surface area contributed by atoms with Gasteiger partial charge in [-0.25, -0.2) is 8.78 Å². The molecule has 7 heteroatoms. The molecule has 0 saturated heterocycles. The molecule has 0 atom stereocenters. The molecule has 132 valence electrons. The minimum absolute atomic E-state index is 0.0197. The van der Waals surface area contributed by atoms with E-state index in [1.165, 1.54) is 11.0 Å². The molecule has 0 radical (unpaired) electrons. The maximum absolute atomic E-state index is 13.7. The van der Waals surface area contributed by atoms with Gasteiger partial charge in [-0.05, 0) is 17.7 Å². The Kier molecular flexibility index (Phi) is 6.94. The molecule has 0 heterocycles. The first-order chi connectivity index (χ1) is 12.0. The van der Waals surface area contributed by atoms with Crippen molar-refractivity contribution in [2.45, 2.75) is 17.9 Å². The van der Waals surface area contributed by atoms with E-state index in [9.17, 15) is 18.4 Å². The van der Waals surface area contributed by atoms with Crippen LogP contribution in [0.15, 0.2) is 53.4 Å². The fourth-order valence-electron chi connectivity index (χ4n) is 2.16. The van der Waals surface area contributed by atoms with Gasteiger partial charge in [0.15, 0.2) is 0 Å². The summed E-state index contributed by atoms with van der Waals surface area (Å²) in [4.78, 5) is 25.2. The highest BCUT2D eigenvalue weighted by Crippen LogP contribution is 2.23. The van der Waals surface area contributed by atoms with Crippen LogP contribution < -0.4 is 5.73 Å². The lowest BCUT2D eigenvalue weighted by molar-refractivity contribution is -0.129. The van der Waals surface area contributed by atoms with E-state index in [0.29, 0.717) is 6.54 Å². The Labute approximate surface area is 149 Å². The second kappa shape index (κ2) is 9.17. The molecule has 0 fully saturated rings. The highest BCUT2D eigenvalue weighted by atomic mass is 32.2. The summed E-state index contributed by atoms with van der Waals surface area (Å²) >= 11 is 0.988. The van der Waals surface area contributed by atoms with Gasteiger partial charge in [0.1, 0.15) is 11.6 Å². The van der Waals surface area contributed by atoms with Crippen LogP contribution in [0.5, 0.6) is 0 Å². The van der Waals surface area contributed by atoms with Crippen LogP contribution in [0.4, 0.5) is 8.78 Å². The van der Waals surface area contributed by atoms with Gasteiger partial charge in [0.05, 0.1) is 5.75 Å². The third-order valence-corrected chi connectivity index (χ3v) is 4.48. The van der Waals surface area contributed by atoms with Crippen LogP contribution >= 0.6 is 11.8 Å². The number of carbonyl (C=O) groups excluding carboxylic acids is 2. The Morgan fingerprint density at radius 3 is 2.44 bits per heavy atom. The van der Waals surface area contributed by atoms with E-state index in [0.717, 1.165) is 29.5 Å². The van der Waals surface area contributed by atoms with Gasteiger partial charge < -0.3 is 10.6 Å². The molecule has 2 amide bonds. The normalized spacial score (nSPS) is 10.5. The molecule has 2 aromatic rings. The zero-order valence-electron chi connectivity index (χ0n) is 13.5. The third-order valence-electron chi connectivity index (χ3n) is 3.44. The van der Waals surface area contributed by atoms with Crippen molar-refractivity contribution in [3.63, 3.8) is 0 Å². The van der Waals surface area contributed by atoms with Gasteiger partial charge in [-0.15, -0.1) is 11.8 Å². The van der Waals surface area contributed by atoms with Crippen LogP contribution in [0.3, 0.4) is 0 Å². The molecule has 2 N–H and O–H groups in total. The van der Waals surface area contributed by atoms with E-state index in [2.05, 4.69) is 0 Å². The number of amides is 2. The van der Waals surface area contributed by atoms with E-state index >= 15 is 0 Å². The molecule has 0 bridgehead atoms. The number of nitrogens with zero attached hydrogens (tertiary/aromatic N) is 1. The summed E-state index contributed by atoms with van der Waals surface area (Å²) in [6.45, 7) is 0.523. The van der Waals surface area contributed by atoms with E-state index in [4.69, 9.17) is 5.73 Å². The molecule has 0 spiro atoms. The van der Waals surface area contributed by atoms with Gasteiger partial charge in [-0.2, -0.15) is 0 Å². The summed E-state index contributed by atoms with van der Waals surface area (Å²) in [6, 6.07) is 12.5. The van der Waals surface area contributed by atoms with Crippen molar-refractivity contribution in [2.24, 2.45) is 5.73 Å². The van der Waals surface area contributed by atoms with E-state index in [1.807, 2.05) is 30.3 Å². The number of benzene rings is 2.